The van der Waals surface area contributed by atoms with Gasteiger partial charge in [0.25, 0.3) is 5.69 Å². The van der Waals surface area contributed by atoms with E-state index in [4.69, 9.17) is 0 Å². The van der Waals surface area contributed by atoms with Crippen molar-refractivity contribution < 1.29 is 9.72 Å². The molecule has 1 aromatic carbocycles. The number of guanidine groups is 1. The summed E-state index contributed by atoms with van der Waals surface area (Å²) in [5.74, 6) is 0.894. The summed E-state index contributed by atoms with van der Waals surface area (Å²) in [4.78, 5) is 27.0. The van der Waals surface area contributed by atoms with Crippen molar-refractivity contribution in [1.82, 2.24) is 16.0 Å². The number of aliphatic imine (C=N–C) groups is 1. The van der Waals surface area contributed by atoms with Crippen LogP contribution in [0.2, 0.25) is 0 Å². The smallest absolute Gasteiger partial charge is 0.269 e. The van der Waals surface area contributed by atoms with Gasteiger partial charge in [0.1, 0.15) is 0 Å². The lowest BCUT2D eigenvalue weighted by atomic mass is 9.85. The number of hydrogen-bond acceptors (Lipinski definition) is 4. The molecule has 0 spiro atoms. The molecule has 2 atom stereocenters. The molecular formula is C19H27N5O3. The van der Waals surface area contributed by atoms with Crippen molar-refractivity contribution in [2.24, 2.45) is 10.9 Å². The van der Waals surface area contributed by atoms with E-state index in [9.17, 15) is 14.9 Å². The quantitative estimate of drug-likeness (QED) is 0.306. The molecule has 8 heteroatoms. The van der Waals surface area contributed by atoms with E-state index in [0.29, 0.717) is 18.5 Å². The molecule has 2 aliphatic carbocycles. The van der Waals surface area contributed by atoms with Crippen molar-refractivity contribution in [3.63, 3.8) is 0 Å². The third kappa shape index (κ3) is 5.67. The Labute approximate surface area is 159 Å². The molecule has 2 unspecified atom stereocenters. The Hall–Kier alpha value is -2.64. The largest absolute Gasteiger partial charge is 0.354 e. The minimum atomic E-state index is -0.397. The summed E-state index contributed by atoms with van der Waals surface area (Å²) in [5.41, 5.74) is 0.895. The zero-order chi connectivity index (χ0) is 19.2. The number of non-ortho nitro benzene ring substituents is 1. The van der Waals surface area contributed by atoms with Crippen molar-refractivity contribution >= 4 is 17.6 Å². The van der Waals surface area contributed by atoms with Crippen LogP contribution >= 0.6 is 0 Å². The fraction of sp³-hybridized carbons (Fsp3) is 0.579. The van der Waals surface area contributed by atoms with Crippen LogP contribution in [0.3, 0.4) is 0 Å². The average Bonchev–Trinajstić information content (AvgIpc) is 3.49. The minimum absolute atomic E-state index is 0.0618. The first-order valence-corrected chi connectivity index (χ1v) is 9.56. The fourth-order valence-electron chi connectivity index (χ4n) is 3.46. The topological polar surface area (TPSA) is 109 Å². The fourth-order valence-corrected chi connectivity index (χ4v) is 3.46. The second kappa shape index (κ2) is 8.83. The SMILES string of the molecule is CN=C(NCc1cccc([N+](=O)[O-])c1)NC1CCCC(C(=O)NC2CC2)C1. The lowest BCUT2D eigenvalue weighted by Crippen LogP contribution is -2.47. The van der Waals surface area contributed by atoms with Gasteiger partial charge in [0, 0.05) is 43.7 Å². The average molecular weight is 373 g/mol. The third-order valence-corrected chi connectivity index (χ3v) is 5.11. The van der Waals surface area contributed by atoms with Gasteiger partial charge >= 0.3 is 0 Å². The molecule has 27 heavy (non-hydrogen) atoms. The van der Waals surface area contributed by atoms with E-state index < -0.39 is 4.92 Å². The molecule has 146 valence electrons. The van der Waals surface area contributed by atoms with Crippen LogP contribution in [0.4, 0.5) is 5.69 Å². The molecule has 0 heterocycles. The van der Waals surface area contributed by atoms with Crippen LogP contribution in [0.25, 0.3) is 0 Å². The van der Waals surface area contributed by atoms with Gasteiger partial charge in [-0.1, -0.05) is 18.6 Å². The van der Waals surface area contributed by atoms with Gasteiger partial charge in [0.05, 0.1) is 4.92 Å². The second-order valence-electron chi connectivity index (χ2n) is 7.34. The third-order valence-electron chi connectivity index (χ3n) is 5.11. The van der Waals surface area contributed by atoms with Crippen LogP contribution < -0.4 is 16.0 Å². The van der Waals surface area contributed by atoms with Gasteiger partial charge in [0.15, 0.2) is 5.96 Å². The molecule has 2 aliphatic rings. The van der Waals surface area contributed by atoms with E-state index >= 15 is 0 Å². The molecule has 0 aliphatic heterocycles. The summed E-state index contributed by atoms with van der Waals surface area (Å²) in [6.07, 6.45) is 5.97. The number of hydrogen-bond donors (Lipinski definition) is 3. The van der Waals surface area contributed by atoms with Gasteiger partial charge in [-0.3, -0.25) is 19.9 Å². The summed E-state index contributed by atoms with van der Waals surface area (Å²) in [5, 5.41) is 20.6. The predicted molar refractivity (Wildman–Crippen MR) is 103 cm³/mol. The van der Waals surface area contributed by atoms with Crippen molar-refractivity contribution in [3.8, 4) is 0 Å². The molecule has 0 aromatic heterocycles. The molecule has 3 N–H and O–H groups in total. The number of nitro benzene ring substituents is 1. The van der Waals surface area contributed by atoms with E-state index in [1.165, 1.54) is 6.07 Å². The van der Waals surface area contributed by atoms with Crippen molar-refractivity contribution in [3.05, 3.63) is 39.9 Å². The summed E-state index contributed by atoms with van der Waals surface area (Å²) in [7, 11) is 1.70. The molecule has 2 fully saturated rings. The maximum absolute atomic E-state index is 12.3. The molecule has 3 rings (SSSR count). The van der Waals surface area contributed by atoms with Crippen molar-refractivity contribution in [1.29, 1.82) is 0 Å². The van der Waals surface area contributed by atoms with E-state index in [1.807, 2.05) is 6.07 Å². The summed E-state index contributed by atoms with van der Waals surface area (Å²) < 4.78 is 0. The van der Waals surface area contributed by atoms with Crippen LogP contribution in [-0.2, 0) is 11.3 Å². The number of amides is 1. The number of rotatable bonds is 6. The van der Waals surface area contributed by atoms with E-state index in [0.717, 1.165) is 44.1 Å². The van der Waals surface area contributed by atoms with Gasteiger partial charge in [-0.15, -0.1) is 0 Å². The molecule has 2 saturated carbocycles. The first kappa shape index (κ1) is 19.1. The zero-order valence-electron chi connectivity index (χ0n) is 15.6. The highest BCUT2D eigenvalue weighted by Gasteiger charge is 2.31. The van der Waals surface area contributed by atoms with E-state index in [1.54, 1.807) is 19.2 Å². The predicted octanol–water partition coefficient (Wildman–Crippen LogP) is 2.10. The highest BCUT2D eigenvalue weighted by atomic mass is 16.6. The molecule has 1 amide bonds. The molecular weight excluding hydrogens is 346 g/mol. The highest BCUT2D eigenvalue weighted by molar-refractivity contribution is 5.81. The Morgan fingerprint density at radius 2 is 2.04 bits per heavy atom. The Bertz CT molecular complexity index is 717. The Morgan fingerprint density at radius 3 is 2.74 bits per heavy atom. The molecule has 0 radical (unpaired) electrons. The summed E-state index contributed by atoms with van der Waals surface area (Å²) in [6.45, 7) is 0.444. The summed E-state index contributed by atoms with van der Waals surface area (Å²) in [6, 6.07) is 7.15. The number of carbonyl (C=O) groups excluding carboxylic acids is 1. The first-order chi connectivity index (χ1) is 13.0. The molecule has 0 saturated heterocycles. The number of nitro groups is 1. The Morgan fingerprint density at radius 1 is 1.22 bits per heavy atom. The van der Waals surface area contributed by atoms with Gasteiger partial charge < -0.3 is 16.0 Å². The van der Waals surface area contributed by atoms with Crippen molar-refractivity contribution in [2.45, 2.75) is 57.2 Å². The minimum Gasteiger partial charge on any atom is -0.354 e. The van der Waals surface area contributed by atoms with Crippen LogP contribution in [-0.4, -0.2) is 35.9 Å². The van der Waals surface area contributed by atoms with E-state index in [-0.39, 0.29) is 23.6 Å². The number of carbonyl (C=O) groups is 1. The lowest BCUT2D eigenvalue weighted by molar-refractivity contribution is -0.384. The maximum atomic E-state index is 12.3. The molecule has 8 nitrogen and oxygen atoms in total. The van der Waals surface area contributed by atoms with Crippen LogP contribution in [0, 0.1) is 16.0 Å². The summed E-state index contributed by atoms with van der Waals surface area (Å²) >= 11 is 0. The van der Waals surface area contributed by atoms with Gasteiger partial charge in [-0.2, -0.15) is 0 Å². The zero-order valence-corrected chi connectivity index (χ0v) is 15.6. The van der Waals surface area contributed by atoms with Crippen LogP contribution in [0.1, 0.15) is 44.1 Å². The van der Waals surface area contributed by atoms with Crippen LogP contribution in [0.5, 0.6) is 0 Å². The Balaban J connectivity index is 1.49. The maximum Gasteiger partial charge on any atom is 0.269 e. The van der Waals surface area contributed by atoms with Crippen molar-refractivity contribution in [2.75, 3.05) is 7.05 Å². The normalized spacial score (nSPS) is 22.8. The molecule has 1 aromatic rings. The first-order valence-electron chi connectivity index (χ1n) is 9.56. The van der Waals surface area contributed by atoms with Gasteiger partial charge in [-0.25, -0.2) is 0 Å². The monoisotopic (exact) mass is 373 g/mol. The van der Waals surface area contributed by atoms with Gasteiger partial charge in [-0.05, 0) is 37.7 Å². The highest BCUT2D eigenvalue weighted by Crippen LogP contribution is 2.26. The number of nitrogens with zero attached hydrogens (tertiary/aromatic N) is 2. The van der Waals surface area contributed by atoms with Crippen LogP contribution in [0.15, 0.2) is 29.3 Å². The molecule has 0 bridgehead atoms. The number of nitrogens with one attached hydrogen (secondary N) is 3. The standard InChI is InChI=1S/C19H27N5O3/c1-20-19(21-12-13-4-2-7-17(10-13)24(26)27)23-16-6-3-5-14(11-16)18(25)22-15-8-9-15/h2,4,7,10,14-16H,3,5-6,8-9,11-12H2,1H3,(H,22,25)(H2,20,21,23). The Kier molecular flexibility index (Phi) is 6.26. The second-order valence-corrected chi connectivity index (χ2v) is 7.34. The van der Waals surface area contributed by atoms with Gasteiger partial charge in [0.2, 0.25) is 5.91 Å². The lowest BCUT2D eigenvalue weighted by Gasteiger charge is -2.30. The number of benzene rings is 1. The van der Waals surface area contributed by atoms with E-state index in [2.05, 4.69) is 20.9 Å².